The molecule has 0 fully saturated rings. The number of hydrogen-bond donors (Lipinski definition) is 1. The van der Waals surface area contributed by atoms with E-state index in [1.807, 2.05) is 35.6 Å². The molecule has 0 saturated carbocycles. The summed E-state index contributed by atoms with van der Waals surface area (Å²) in [6.07, 6.45) is 8.05. The van der Waals surface area contributed by atoms with Crippen LogP contribution in [-0.2, 0) is 20.5 Å². The third kappa shape index (κ3) is 2.14. The topological polar surface area (TPSA) is 55.9 Å². The third-order valence-electron chi connectivity index (χ3n) is 2.72. The Balaban J connectivity index is 1.97. The SMILES string of the molecule is Cn1ccnc1CCC(O)c1nccn1C. The molecule has 1 unspecified atom stereocenters. The van der Waals surface area contributed by atoms with Crippen LogP contribution in [0, 0.1) is 0 Å². The van der Waals surface area contributed by atoms with E-state index < -0.39 is 6.10 Å². The average molecular weight is 220 g/mol. The first-order valence-electron chi connectivity index (χ1n) is 5.30. The summed E-state index contributed by atoms with van der Waals surface area (Å²) in [5.74, 6) is 1.68. The van der Waals surface area contributed by atoms with Gasteiger partial charge in [0.1, 0.15) is 17.8 Å². The van der Waals surface area contributed by atoms with E-state index in [0.717, 1.165) is 12.2 Å². The highest BCUT2D eigenvalue weighted by molar-refractivity contribution is 4.98. The molecule has 86 valence electrons. The van der Waals surface area contributed by atoms with Crippen LogP contribution >= 0.6 is 0 Å². The lowest BCUT2D eigenvalue weighted by molar-refractivity contribution is 0.154. The number of rotatable bonds is 4. The van der Waals surface area contributed by atoms with E-state index >= 15 is 0 Å². The molecule has 5 nitrogen and oxygen atoms in total. The largest absolute Gasteiger partial charge is 0.385 e. The van der Waals surface area contributed by atoms with Gasteiger partial charge in [0, 0.05) is 45.3 Å². The van der Waals surface area contributed by atoms with Crippen LogP contribution in [0.1, 0.15) is 24.2 Å². The second-order valence-corrected chi connectivity index (χ2v) is 3.91. The molecule has 2 rings (SSSR count). The molecule has 1 N–H and O–H groups in total. The standard InChI is InChI=1S/C11H16N4O/c1-14-7-5-12-10(14)4-3-9(16)11-13-6-8-15(11)2/h5-9,16H,3-4H2,1-2H3. The second-order valence-electron chi connectivity index (χ2n) is 3.91. The van der Waals surface area contributed by atoms with Crippen LogP contribution in [0.4, 0.5) is 0 Å². The van der Waals surface area contributed by atoms with Gasteiger partial charge in [0.2, 0.25) is 0 Å². The molecule has 5 heteroatoms. The van der Waals surface area contributed by atoms with Gasteiger partial charge in [-0.15, -0.1) is 0 Å². The molecule has 0 bridgehead atoms. The molecular formula is C11H16N4O. The molecule has 0 aliphatic carbocycles. The Morgan fingerprint density at radius 3 is 2.44 bits per heavy atom. The normalized spacial score (nSPS) is 12.9. The minimum atomic E-state index is -0.531. The van der Waals surface area contributed by atoms with Crippen molar-refractivity contribution < 1.29 is 5.11 Å². The van der Waals surface area contributed by atoms with Gasteiger partial charge in [0.05, 0.1) is 0 Å². The monoisotopic (exact) mass is 220 g/mol. The molecule has 0 amide bonds. The summed E-state index contributed by atoms with van der Waals surface area (Å²) in [5, 5.41) is 9.96. The van der Waals surface area contributed by atoms with E-state index in [2.05, 4.69) is 9.97 Å². The lowest BCUT2D eigenvalue weighted by Gasteiger charge is -2.10. The summed E-state index contributed by atoms with van der Waals surface area (Å²) in [5.41, 5.74) is 0. The van der Waals surface area contributed by atoms with Crippen molar-refractivity contribution >= 4 is 0 Å². The first-order chi connectivity index (χ1) is 7.68. The lowest BCUT2D eigenvalue weighted by Crippen LogP contribution is -2.08. The number of nitrogens with zero attached hydrogens (tertiary/aromatic N) is 4. The molecule has 2 heterocycles. The van der Waals surface area contributed by atoms with Gasteiger partial charge in [-0.25, -0.2) is 9.97 Å². The minimum Gasteiger partial charge on any atom is -0.385 e. The van der Waals surface area contributed by atoms with Crippen molar-refractivity contribution in [3.8, 4) is 0 Å². The zero-order chi connectivity index (χ0) is 11.5. The first-order valence-corrected chi connectivity index (χ1v) is 5.30. The Morgan fingerprint density at radius 1 is 1.19 bits per heavy atom. The second kappa shape index (κ2) is 4.49. The van der Waals surface area contributed by atoms with Gasteiger partial charge in [-0.2, -0.15) is 0 Å². The van der Waals surface area contributed by atoms with Crippen molar-refractivity contribution in [2.45, 2.75) is 18.9 Å². The first kappa shape index (κ1) is 10.9. The molecule has 0 aliphatic heterocycles. The van der Waals surface area contributed by atoms with Gasteiger partial charge in [-0.3, -0.25) is 0 Å². The highest BCUT2D eigenvalue weighted by Gasteiger charge is 2.13. The highest BCUT2D eigenvalue weighted by Crippen LogP contribution is 2.15. The van der Waals surface area contributed by atoms with E-state index in [9.17, 15) is 5.11 Å². The molecule has 0 spiro atoms. The maximum Gasteiger partial charge on any atom is 0.137 e. The molecule has 0 radical (unpaired) electrons. The number of aliphatic hydroxyl groups excluding tert-OH is 1. The molecule has 0 aromatic carbocycles. The molecule has 1 atom stereocenters. The fraction of sp³-hybridized carbons (Fsp3) is 0.455. The summed E-state index contributed by atoms with van der Waals surface area (Å²) in [4.78, 5) is 8.34. The Labute approximate surface area is 94.4 Å². The predicted molar refractivity (Wildman–Crippen MR) is 59.7 cm³/mol. The molecule has 0 saturated heterocycles. The van der Waals surface area contributed by atoms with Gasteiger partial charge in [0.25, 0.3) is 0 Å². The quantitative estimate of drug-likeness (QED) is 0.830. The summed E-state index contributed by atoms with van der Waals surface area (Å²) >= 11 is 0. The molecule has 0 aliphatic rings. The number of hydrogen-bond acceptors (Lipinski definition) is 3. The number of aromatic nitrogens is 4. The van der Waals surface area contributed by atoms with Gasteiger partial charge >= 0.3 is 0 Å². The highest BCUT2D eigenvalue weighted by atomic mass is 16.3. The Bertz CT molecular complexity index is 460. The van der Waals surface area contributed by atoms with Gasteiger partial charge in [0.15, 0.2) is 0 Å². The van der Waals surface area contributed by atoms with Crippen LogP contribution in [0.5, 0.6) is 0 Å². The third-order valence-corrected chi connectivity index (χ3v) is 2.72. The van der Waals surface area contributed by atoms with Crippen LogP contribution in [0.25, 0.3) is 0 Å². The summed E-state index contributed by atoms with van der Waals surface area (Å²) in [7, 11) is 3.84. The number of aliphatic hydroxyl groups is 1. The van der Waals surface area contributed by atoms with E-state index in [4.69, 9.17) is 0 Å². The van der Waals surface area contributed by atoms with E-state index in [1.165, 1.54) is 0 Å². The van der Waals surface area contributed by atoms with Gasteiger partial charge < -0.3 is 14.2 Å². The van der Waals surface area contributed by atoms with Crippen LogP contribution in [0.15, 0.2) is 24.8 Å². The van der Waals surface area contributed by atoms with E-state index in [1.54, 1.807) is 12.4 Å². The zero-order valence-electron chi connectivity index (χ0n) is 9.54. The van der Waals surface area contributed by atoms with Crippen molar-refractivity contribution in [2.24, 2.45) is 14.1 Å². The van der Waals surface area contributed by atoms with Crippen LogP contribution in [-0.4, -0.2) is 24.2 Å². The van der Waals surface area contributed by atoms with Crippen LogP contribution in [0.2, 0.25) is 0 Å². The molecule has 16 heavy (non-hydrogen) atoms. The van der Waals surface area contributed by atoms with Crippen molar-refractivity contribution in [3.63, 3.8) is 0 Å². The van der Waals surface area contributed by atoms with Crippen molar-refractivity contribution in [1.82, 2.24) is 19.1 Å². The summed E-state index contributed by atoms with van der Waals surface area (Å²) < 4.78 is 3.80. The lowest BCUT2D eigenvalue weighted by atomic mass is 10.2. The van der Waals surface area contributed by atoms with Crippen LogP contribution in [0.3, 0.4) is 0 Å². The smallest absolute Gasteiger partial charge is 0.137 e. The Hall–Kier alpha value is -1.62. The van der Waals surface area contributed by atoms with Gasteiger partial charge in [-0.1, -0.05) is 0 Å². The molecule has 2 aromatic rings. The van der Waals surface area contributed by atoms with Crippen molar-refractivity contribution in [3.05, 3.63) is 36.4 Å². The van der Waals surface area contributed by atoms with Gasteiger partial charge in [-0.05, 0) is 6.42 Å². The zero-order valence-corrected chi connectivity index (χ0v) is 9.54. The Morgan fingerprint density at radius 2 is 1.88 bits per heavy atom. The number of aryl methyl sites for hydroxylation is 3. The summed E-state index contributed by atoms with van der Waals surface area (Å²) in [6.45, 7) is 0. The molecular weight excluding hydrogens is 204 g/mol. The summed E-state index contributed by atoms with van der Waals surface area (Å²) in [6, 6.07) is 0. The van der Waals surface area contributed by atoms with E-state index in [0.29, 0.717) is 12.2 Å². The fourth-order valence-corrected chi connectivity index (χ4v) is 1.73. The predicted octanol–water partition coefficient (Wildman–Crippen LogP) is 0.820. The maximum atomic E-state index is 9.96. The number of imidazole rings is 2. The molecule has 2 aromatic heterocycles. The van der Waals surface area contributed by atoms with Crippen molar-refractivity contribution in [1.29, 1.82) is 0 Å². The average Bonchev–Trinajstić information content (AvgIpc) is 2.84. The van der Waals surface area contributed by atoms with Crippen molar-refractivity contribution in [2.75, 3.05) is 0 Å². The Kier molecular flexibility index (Phi) is 3.05. The minimum absolute atomic E-state index is 0.531. The maximum absolute atomic E-state index is 9.96. The van der Waals surface area contributed by atoms with E-state index in [-0.39, 0.29) is 0 Å². The fourth-order valence-electron chi connectivity index (χ4n) is 1.73. The van der Waals surface area contributed by atoms with Crippen LogP contribution < -0.4 is 0 Å².